The summed E-state index contributed by atoms with van der Waals surface area (Å²) in [6, 6.07) is 5.86. The highest BCUT2D eigenvalue weighted by Gasteiger charge is 2.34. The van der Waals surface area contributed by atoms with Crippen LogP contribution in [0.15, 0.2) is 35.4 Å². The number of halogens is 4. The fourth-order valence-electron chi connectivity index (χ4n) is 2.01. The van der Waals surface area contributed by atoms with Gasteiger partial charge in [0.25, 0.3) is 5.91 Å². The Morgan fingerprint density at radius 2 is 1.92 bits per heavy atom. The summed E-state index contributed by atoms with van der Waals surface area (Å²) in [5.74, 6) is -1.94. The van der Waals surface area contributed by atoms with Gasteiger partial charge in [0.15, 0.2) is 0 Å². The molecule has 2 rings (SSSR count). The van der Waals surface area contributed by atoms with Gasteiger partial charge in [-0.1, -0.05) is 17.7 Å². The van der Waals surface area contributed by atoms with Gasteiger partial charge in [0, 0.05) is 0 Å². The molecule has 0 aliphatic carbocycles. The van der Waals surface area contributed by atoms with Crippen LogP contribution in [-0.4, -0.2) is 22.3 Å². The van der Waals surface area contributed by atoms with Crippen LogP contribution in [0, 0.1) is 6.92 Å². The number of alkyl halides is 3. The lowest BCUT2D eigenvalue weighted by atomic mass is 10.1. The van der Waals surface area contributed by atoms with E-state index in [1.807, 2.05) is 5.43 Å². The number of carbonyl (C=O) groups excluding carboxylic acids is 1. The first-order valence-corrected chi connectivity index (χ1v) is 7.20. The highest BCUT2D eigenvalue weighted by atomic mass is 35.5. The first kappa shape index (κ1) is 18.6. The highest BCUT2D eigenvalue weighted by Crippen LogP contribution is 2.38. The zero-order chi connectivity index (χ0) is 18.8. The van der Waals surface area contributed by atoms with Gasteiger partial charge in [-0.3, -0.25) is 4.79 Å². The predicted octanol–water partition coefficient (Wildman–Crippen LogP) is 3.84. The SMILES string of the molecule is Cc1ccc(C(=O)N/N=C/c2c(C(F)(F)F)ccc(Cl)c2O)c(O)c1. The molecule has 0 aromatic heterocycles. The minimum Gasteiger partial charge on any atom is -0.507 e. The number of aryl methyl sites for hydroxylation is 1. The number of benzene rings is 2. The molecule has 0 unspecified atom stereocenters. The fraction of sp³-hybridized carbons (Fsp3) is 0.125. The van der Waals surface area contributed by atoms with Crippen molar-refractivity contribution in [1.29, 1.82) is 0 Å². The van der Waals surface area contributed by atoms with E-state index >= 15 is 0 Å². The van der Waals surface area contributed by atoms with Crippen molar-refractivity contribution in [3.63, 3.8) is 0 Å². The third-order valence-corrected chi connectivity index (χ3v) is 3.54. The molecule has 0 atom stereocenters. The fourth-order valence-corrected chi connectivity index (χ4v) is 2.17. The minimum absolute atomic E-state index is 0.103. The third kappa shape index (κ3) is 4.21. The van der Waals surface area contributed by atoms with E-state index in [4.69, 9.17) is 11.6 Å². The Kier molecular flexibility index (Phi) is 5.22. The van der Waals surface area contributed by atoms with Gasteiger partial charge in [-0.15, -0.1) is 0 Å². The number of hydrogen-bond donors (Lipinski definition) is 3. The molecule has 0 bridgehead atoms. The number of rotatable bonds is 3. The van der Waals surface area contributed by atoms with Crippen LogP contribution in [0.1, 0.15) is 27.0 Å². The zero-order valence-electron chi connectivity index (χ0n) is 12.7. The van der Waals surface area contributed by atoms with Gasteiger partial charge in [-0.05, 0) is 36.8 Å². The summed E-state index contributed by atoms with van der Waals surface area (Å²) in [7, 11) is 0. The smallest absolute Gasteiger partial charge is 0.417 e. The number of phenolic OH excluding ortho intramolecular Hbond substituents is 2. The van der Waals surface area contributed by atoms with Gasteiger partial charge in [0.05, 0.1) is 27.9 Å². The van der Waals surface area contributed by atoms with E-state index in [0.29, 0.717) is 12.3 Å². The first-order valence-electron chi connectivity index (χ1n) is 6.83. The number of nitrogens with one attached hydrogen (secondary N) is 1. The Bertz CT molecular complexity index is 851. The van der Waals surface area contributed by atoms with Crippen molar-refractivity contribution in [1.82, 2.24) is 5.43 Å². The van der Waals surface area contributed by atoms with Crippen LogP contribution in [-0.2, 0) is 6.18 Å². The Morgan fingerprint density at radius 1 is 1.24 bits per heavy atom. The number of hydrazone groups is 1. The number of amides is 1. The summed E-state index contributed by atoms with van der Waals surface area (Å²) in [6.45, 7) is 1.71. The molecule has 0 aliphatic heterocycles. The Labute approximate surface area is 145 Å². The van der Waals surface area contributed by atoms with Crippen LogP contribution in [0.25, 0.3) is 0 Å². The molecule has 0 saturated heterocycles. The second-order valence-electron chi connectivity index (χ2n) is 5.07. The van der Waals surface area contributed by atoms with Crippen molar-refractivity contribution in [2.75, 3.05) is 0 Å². The summed E-state index contributed by atoms with van der Waals surface area (Å²) in [5.41, 5.74) is 0.750. The van der Waals surface area contributed by atoms with Crippen LogP contribution in [0.2, 0.25) is 5.02 Å². The maximum atomic E-state index is 13.0. The maximum absolute atomic E-state index is 13.0. The molecule has 132 valence electrons. The Hall–Kier alpha value is -2.74. The molecule has 9 heteroatoms. The molecule has 2 aromatic rings. The van der Waals surface area contributed by atoms with Crippen molar-refractivity contribution in [3.8, 4) is 11.5 Å². The average molecular weight is 373 g/mol. The topological polar surface area (TPSA) is 81.9 Å². The standard InChI is InChI=1S/C16H12ClF3N2O3/c1-8-2-3-9(13(23)6-8)15(25)22-21-7-10-11(16(18,19)20)4-5-12(17)14(10)24/h2-7,23-24H,1H3,(H,22,25)/b21-7+. The molecule has 0 saturated carbocycles. The summed E-state index contributed by atoms with van der Waals surface area (Å²) >= 11 is 5.61. The second kappa shape index (κ2) is 7.02. The lowest BCUT2D eigenvalue weighted by molar-refractivity contribution is -0.137. The summed E-state index contributed by atoms with van der Waals surface area (Å²) < 4.78 is 38.9. The molecule has 0 spiro atoms. The summed E-state index contributed by atoms with van der Waals surface area (Å²) in [5, 5.41) is 22.5. The summed E-state index contributed by atoms with van der Waals surface area (Å²) in [4.78, 5) is 11.9. The molecular weight excluding hydrogens is 361 g/mol. The van der Waals surface area contributed by atoms with E-state index in [1.54, 1.807) is 13.0 Å². The van der Waals surface area contributed by atoms with Gasteiger partial charge in [-0.25, -0.2) is 5.43 Å². The normalized spacial score (nSPS) is 11.7. The van der Waals surface area contributed by atoms with Gasteiger partial charge >= 0.3 is 6.18 Å². The second-order valence-corrected chi connectivity index (χ2v) is 5.48. The largest absolute Gasteiger partial charge is 0.507 e. The molecule has 5 nitrogen and oxygen atoms in total. The van der Waals surface area contributed by atoms with Gasteiger partial charge in [0.2, 0.25) is 0 Å². The van der Waals surface area contributed by atoms with Gasteiger partial charge in [0.1, 0.15) is 11.5 Å². The minimum atomic E-state index is -4.75. The van der Waals surface area contributed by atoms with E-state index < -0.39 is 29.0 Å². The first-order chi connectivity index (χ1) is 11.6. The van der Waals surface area contributed by atoms with Gasteiger partial charge in [-0.2, -0.15) is 18.3 Å². The lowest BCUT2D eigenvalue weighted by Gasteiger charge is -2.12. The van der Waals surface area contributed by atoms with Crippen LogP contribution >= 0.6 is 11.6 Å². The number of phenols is 2. The van der Waals surface area contributed by atoms with Crippen molar-refractivity contribution < 1.29 is 28.2 Å². The zero-order valence-corrected chi connectivity index (χ0v) is 13.5. The molecule has 2 aromatic carbocycles. The predicted molar refractivity (Wildman–Crippen MR) is 86.0 cm³/mol. The van der Waals surface area contributed by atoms with Crippen molar-refractivity contribution in [2.24, 2.45) is 5.10 Å². The number of hydrogen-bond acceptors (Lipinski definition) is 4. The Balaban J connectivity index is 2.28. The molecule has 0 heterocycles. The third-order valence-electron chi connectivity index (χ3n) is 3.23. The van der Waals surface area contributed by atoms with E-state index in [2.05, 4.69) is 5.10 Å². The monoisotopic (exact) mass is 372 g/mol. The van der Waals surface area contributed by atoms with E-state index in [1.165, 1.54) is 12.1 Å². The Morgan fingerprint density at radius 3 is 2.52 bits per heavy atom. The van der Waals surface area contributed by atoms with Crippen LogP contribution in [0.4, 0.5) is 13.2 Å². The van der Waals surface area contributed by atoms with Gasteiger partial charge < -0.3 is 10.2 Å². The van der Waals surface area contributed by atoms with E-state index in [9.17, 15) is 28.2 Å². The maximum Gasteiger partial charge on any atom is 0.417 e. The lowest BCUT2D eigenvalue weighted by Crippen LogP contribution is -2.18. The van der Waals surface area contributed by atoms with E-state index in [0.717, 1.165) is 11.6 Å². The van der Waals surface area contributed by atoms with Crippen LogP contribution in [0.5, 0.6) is 11.5 Å². The molecule has 3 N–H and O–H groups in total. The van der Waals surface area contributed by atoms with Crippen LogP contribution < -0.4 is 5.43 Å². The number of carbonyl (C=O) groups is 1. The molecule has 25 heavy (non-hydrogen) atoms. The van der Waals surface area contributed by atoms with Crippen LogP contribution in [0.3, 0.4) is 0 Å². The molecular formula is C16H12ClF3N2O3. The quantitative estimate of drug-likeness (QED) is 0.565. The number of nitrogens with zero attached hydrogens (tertiary/aromatic N) is 1. The molecule has 1 amide bonds. The molecule has 0 aliphatic rings. The summed E-state index contributed by atoms with van der Waals surface area (Å²) in [6.07, 6.45) is -4.12. The van der Waals surface area contributed by atoms with E-state index in [-0.39, 0.29) is 16.3 Å². The highest BCUT2D eigenvalue weighted by molar-refractivity contribution is 6.32. The van der Waals surface area contributed by atoms with Crippen molar-refractivity contribution in [2.45, 2.75) is 13.1 Å². The van der Waals surface area contributed by atoms with Crippen molar-refractivity contribution in [3.05, 3.63) is 57.6 Å². The van der Waals surface area contributed by atoms with Crippen molar-refractivity contribution >= 4 is 23.7 Å². The molecule has 0 radical (unpaired) electrons. The number of aromatic hydroxyl groups is 2. The molecule has 0 fully saturated rings. The average Bonchev–Trinajstić information content (AvgIpc) is 2.50.